The first-order chi connectivity index (χ1) is 11.7. The highest BCUT2D eigenvalue weighted by Gasteiger charge is 2.15. The molecule has 6 nitrogen and oxygen atoms in total. The number of nitrogens with zero attached hydrogens (tertiary/aromatic N) is 1. The monoisotopic (exact) mass is 346 g/mol. The number of urea groups is 1. The van der Waals surface area contributed by atoms with Crippen molar-refractivity contribution in [3.63, 3.8) is 0 Å². The van der Waals surface area contributed by atoms with E-state index in [1.54, 1.807) is 0 Å². The Balaban J connectivity index is 1.38. The summed E-state index contributed by atoms with van der Waals surface area (Å²) in [7, 11) is 0. The molecule has 7 heteroatoms. The number of rotatable bonds is 5. The van der Waals surface area contributed by atoms with Gasteiger partial charge in [-0.15, -0.1) is 0 Å². The van der Waals surface area contributed by atoms with Crippen molar-refractivity contribution >= 4 is 38.6 Å². The quantitative estimate of drug-likeness (QED) is 0.777. The molecule has 0 bridgehead atoms. The Morgan fingerprint density at radius 3 is 2.75 bits per heavy atom. The van der Waals surface area contributed by atoms with E-state index >= 15 is 0 Å². The van der Waals surface area contributed by atoms with Crippen LogP contribution in [0.2, 0.25) is 0 Å². The van der Waals surface area contributed by atoms with E-state index in [1.807, 2.05) is 24.3 Å². The van der Waals surface area contributed by atoms with Crippen LogP contribution in [-0.2, 0) is 4.79 Å². The van der Waals surface area contributed by atoms with Gasteiger partial charge in [-0.3, -0.25) is 4.79 Å². The van der Waals surface area contributed by atoms with Crippen LogP contribution in [0.15, 0.2) is 24.3 Å². The molecule has 1 aromatic heterocycles. The van der Waals surface area contributed by atoms with Gasteiger partial charge >= 0.3 is 6.03 Å². The fraction of sp³-hybridized carbons (Fsp3) is 0.471. The minimum Gasteiger partial charge on any atom is -0.338 e. The number of benzene rings is 1. The van der Waals surface area contributed by atoms with E-state index in [9.17, 15) is 9.59 Å². The normalized spacial score (nSPS) is 15.2. The van der Waals surface area contributed by atoms with E-state index in [4.69, 9.17) is 0 Å². The van der Waals surface area contributed by atoms with Gasteiger partial charge in [0.2, 0.25) is 5.91 Å². The van der Waals surface area contributed by atoms with Gasteiger partial charge in [0.05, 0.1) is 10.2 Å². The predicted molar refractivity (Wildman–Crippen MR) is 96.3 cm³/mol. The zero-order chi connectivity index (χ0) is 16.8. The molecule has 3 N–H and O–H groups in total. The van der Waals surface area contributed by atoms with Crippen LogP contribution in [0.1, 0.15) is 38.5 Å². The first kappa shape index (κ1) is 16.7. The number of fused-ring (bicyclic) bond motifs is 1. The predicted octanol–water partition coefficient (Wildman–Crippen LogP) is 3.26. The Kier molecular flexibility index (Phi) is 5.63. The SMILES string of the molecule is O=C(CCNC(=O)NC1CCCCC1)Nc1nc2ccccc2s1. The lowest BCUT2D eigenvalue weighted by molar-refractivity contribution is -0.116. The van der Waals surface area contributed by atoms with Crippen molar-refractivity contribution < 1.29 is 9.59 Å². The average molecular weight is 346 g/mol. The lowest BCUT2D eigenvalue weighted by Crippen LogP contribution is -2.43. The van der Waals surface area contributed by atoms with E-state index in [2.05, 4.69) is 20.9 Å². The lowest BCUT2D eigenvalue weighted by atomic mass is 9.96. The summed E-state index contributed by atoms with van der Waals surface area (Å²) in [5.74, 6) is -0.146. The van der Waals surface area contributed by atoms with Crippen LogP contribution >= 0.6 is 11.3 Å². The highest BCUT2D eigenvalue weighted by Crippen LogP contribution is 2.25. The fourth-order valence-electron chi connectivity index (χ4n) is 2.88. The molecule has 1 aromatic carbocycles. The third-order valence-corrected chi connectivity index (χ3v) is 5.07. The molecule has 1 aliphatic carbocycles. The molecule has 0 unspecified atom stereocenters. The molecule has 0 saturated heterocycles. The van der Waals surface area contributed by atoms with E-state index < -0.39 is 0 Å². The Bertz CT molecular complexity index is 676. The van der Waals surface area contributed by atoms with Crippen LogP contribution in [0, 0.1) is 0 Å². The topological polar surface area (TPSA) is 83.1 Å². The Morgan fingerprint density at radius 1 is 1.17 bits per heavy atom. The summed E-state index contributed by atoms with van der Waals surface area (Å²) in [6, 6.07) is 7.84. The number of anilines is 1. The van der Waals surface area contributed by atoms with Crippen molar-refractivity contribution in [2.75, 3.05) is 11.9 Å². The number of amides is 3. The molecule has 3 rings (SSSR count). The second-order valence-corrected chi connectivity index (χ2v) is 7.05. The van der Waals surface area contributed by atoms with E-state index in [0.29, 0.717) is 11.7 Å². The number of carbonyl (C=O) groups is 2. The average Bonchev–Trinajstić information content (AvgIpc) is 2.97. The summed E-state index contributed by atoms with van der Waals surface area (Å²) in [5, 5.41) is 9.09. The van der Waals surface area contributed by atoms with E-state index in [0.717, 1.165) is 23.1 Å². The van der Waals surface area contributed by atoms with Crippen LogP contribution in [0.5, 0.6) is 0 Å². The van der Waals surface area contributed by atoms with Crippen LogP contribution in [0.3, 0.4) is 0 Å². The molecular formula is C17H22N4O2S. The Labute approximate surface area is 145 Å². The number of carbonyl (C=O) groups excluding carboxylic acids is 2. The van der Waals surface area contributed by atoms with Gasteiger partial charge in [0.15, 0.2) is 5.13 Å². The fourth-order valence-corrected chi connectivity index (χ4v) is 3.76. The standard InChI is InChI=1S/C17H22N4O2S/c22-15(21-17-20-13-8-4-5-9-14(13)24-17)10-11-18-16(23)19-12-6-2-1-3-7-12/h4-5,8-9,12H,1-3,6-7,10-11H2,(H2,18,19,23)(H,20,21,22). The molecule has 2 aromatic rings. The smallest absolute Gasteiger partial charge is 0.315 e. The third-order valence-electron chi connectivity index (χ3n) is 4.12. The van der Waals surface area contributed by atoms with Crippen molar-refractivity contribution in [2.45, 2.75) is 44.6 Å². The molecule has 0 atom stereocenters. The maximum absolute atomic E-state index is 11.9. The van der Waals surface area contributed by atoms with E-state index in [1.165, 1.54) is 30.6 Å². The Morgan fingerprint density at radius 2 is 1.96 bits per heavy atom. The maximum Gasteiger partial charge on any atom is 0.315 e. The van der Waals surface area contributed by atoms with Crippen LogP contribution in [-0.4, -0.2) is 29.5 Å². The largest absolute Gasteiger partial charge is 0.338 e. The van der Waals surface area contributed by atoms with Crippen LogP contribution in [0.25, 0.3) is 10.2 Å². The molecule has 0 aliphatic heterocycles. The molecule has 0 radical (unpaired) electrons. The highest BCUT2D eigenvalue weighted by molar-refractivity contribution is 7.22. The summed E-state index contributed by atoms with van der Waals surface area (Å²) in [4.78, 5) is 28.1. The number of thiazole rings is 1. The van der Waals surface area contributed by atoms with Gasteiger partial charge in [-0.25, -0.2) is 9.78 Å². The minimum absolute atomic E-state index is 0.146. The summed E-state index contributed by atoms with van der Waals surface area (Å²) >= 11 is 1.45. The van der Waals surface area contributed by atoms with Gasteiger partial charge in [0, 0.05) is 19.0 Å². The maximum atomic E-state index is 11.9. The molecule has 1 fully saturated rings. The highest BCUT2D eigenvalue weighted by atomic mass is 32.1. The summed E-state index contributed by atoms with van der Waals surface area (Å²) < 4.78 is 1.04. The number of aromatic nitrogens is 1. The van der Waals surface area contributed by atoms with Gasteiger partial charge in [0.1, 0.15) is 0 Å². The van der Waals surface area contributed by atoms with E-state index in [-0.39, 0.29) is 24.4 Å². The number of hydrogen-bond acceptors (Lipinski definition) is 4. The van der Waals surface area contributed by atoms with Gasteiger partial charge in [0.25, 0.3) is 0 Å². The molecule has 128 valence electrons. The number of para-hydroxylation sites is 1. The van der Waals surface area contributed by atoms with Crippen molar-refractivity contribution in [1.82, 2.24) is 15.6 Å². The van der Waals surface area contributed by atoms with Crippen LogP contribution < -0.4 is 16.0 Å². The second kappa shape index (κ2) is 8.10. The van der Waals surface area contributed by atoms with Gasteiger partial charge in [-0.2, -0.15) is 0 Å². The molecule has 0 spiro atoms. The molecule has 1 heterocycles. The summed E-state index contributed by atoms with van der Waals surface area (Å²) in [6.45, 7) is 0.315. The van der Waals surface area contributed by atoms with Gasteiger partial charge in [-0.05, 0) is 25.0 Å². The van der Waals surface area contributed by atoms with Gasteiger partial charge in [-0.1, -0.05) is 42.7 Å². The van der Waals surface area contributed by atoms with Crippen molar-refractivity contribution in [1.29, 1.82) is 0 Å². The molecule has 24 heavy (non-hydrogen) atoms. The number of hydrogen-bond donors (Lipinski definition) is 3. The molecule has 1 aliphatic rings. The zero-order valence-electron chi connectivity index (χ0n) is 13.5. The van der Waals surface area contributed by atoms with Gasteiger partial charge < -0.3 is 16.0 Å². The summed E-state index contributed by atoms with van der Waals surface area (Å²) in [6.07, 6.45) is 5.93. The second-order valence-electron chi connectivity index (χ2n) is 6.02. The van der Waals surface area contributed by atoms with Crippen molar-refractivity contribution in [3.8, 4) is 0 Å². The third kappa shape index (κ3) is 4.67. The first-order valence-corrected chi connectivity index (χ1v) is 9.22. The zero-order valence-corrected chi connectivity index (χ0v) is 14.3. The van der Waals surface area contributed by atoms with Crippen molar-refractivity contribution in [2.24, 2.45) is 0 Å². The molecule has 1 saturated carbocycles. The van der Waals surface area contributed by atoms with Crippen LogP contribution in [0.4, 0.5) is 9.93 Å². The summed E-state index contributed by atoms with van der Waals surface area (Å²) in [5.41, 5.74) is 0.878. The first-order valence-electron chi connectivity index (χ1n) is 8.40. The number of nitrogens with one attached hydrogen (secondary N) is 3. The minimum atomic E-state index is -0.185. The van der Waals surface area contributed by atoms with Crippen molar-refractivity contribution in [3.05, 3.63) is 24.3 Å². The lowest BCUT2D eigenvalue weighted by Gasteiger charge is -2.22. The molecule has 3 amide bonds. The molecular weight excluding hydrogens is 324 g/mol. The Hall–Kier alpha value is -2.15.